The molecule has 0 aromatic heterocycles. The lowest BCUT2D eigenvalue weighted by Gasteiger charge is -2.02. The van der Waals surface area contributed by atoms with Gasteiger partial charge < -0.3 is 10.5 Å². The molecule has 3 nitrogen and oxygen atoms in total. The van der Waals surface area contributed by atoms with Crippen LogP contribution in [-0.2, 0) is 9.53 Å². The van der Waals surface area contributed by atoms with Crippen LogP contribution in [-0.4, -0.2) is 19.1 Å². The molecule has 0 spiro atoms. The first kappa shape index (κ1) is 14.2. The van der Waals surface area contributed by atoms with E-state index in [4.69, 9.17) is 10.5 Å². The summed E-state index contributed by atoms with van der Waals surface area (Å²) in [5, 5.41) is 0. The van der Waals surface area contributed by atoms with Crippen LogP contribution < -0.4 is 5.73 Å². The Kier molecular flexibility index (Phi) is 10.6. The fraction of sp³-hybridized carbons (Fsp3) is 0.750. The van der Waals surface area contributed by atoms with E-state index in [0.717, 1.165) is 25.8 Å². The zero-order valence-corrected chi connectivity index (χ0v) is 9.54. The Morgan fingerprint density at radius 3 is 2.13 bits per heavy atom. The van der Waals surface area contributed by atoms with Gasteiger partial charge in [-0.05, 0) is 19.4 Å². The third kappa shape index (κ3) is 11.1. The van der Waals surface area contributed by atoms with E-state index >= 15 is 0 Å². The van der Waals surface area contributed by atoms with E-state index in [9.17, 15) is 4.79 Å². The first-order valence-electron chi connectivity index (χ1n) is 5.80. The molecule has 15 heavy (non-hydrogen) atoms. The Morgan fingerprint density at radius 2 is 1.60 bits per heavy atom. The van der Waals surface area contributed by atoms with Crippen molar-refractivity contribution in [3.8, 4) is 0 Å². The molecule has 0 aromatic carbocycles. The number of ether oxygens (including phenoxy) is 1. The third-order valence-corrected chi connectivity index (χ3v) is 2.26. The van der Waals surface area contributed by atoms with Gasteiger partial charge in [-0.2, -0.15) is 0 Å². The molecular weight excluding hydrogens is 190 g/mol. The van der Waals surface area contributed by atoms with Crippen molar-refractivity contribution in [2.75, 3.05) is 13.2 Å². The van der Waals surface area contributed by atoms with Crippen molar-refractivity contribution < 1.29 is 9.53 Å². The average molecular weight is 213 g/mol. The van der Waals surface area contributed by atoms with Crippen LogP contribution in [0.4, 0.5) is 0 Å². The lowest BCUT2D eigenvalue weighted by Crippen LogP contribution is -2.01. The van der Waals surface area contributed by atoms with E-state index in [0.29, 0.717) is 6.61 Å². The summed E-state index contributed by atoms with van der Waals surface area (Å²) in [6.45, 7) is 4.66. The lowest BCUT2D eigenvalue weighted by atomic mass is 10.1. The summed E-state index contributed by atoms with van der Waals surface area (Å²) in [6, 6.07) is 0. The summed E-state index contributed by atoms with van der Waals surface area (Å²) in [4.78, 5) is 10.7. The van der Waals surface area contributed by atoms with Crippen molar-refractivity contribution in [3.63, 3.8) is 0 Å². The molecule has 0 aliphatic carbocycles. The first-order valence-corrected chi connectivity index (χ1v) is 5.80. The summed E-state index contributed by atoms with van der Waals surface area (Å²) in [6.07, 6.45) is 9.41. The van der Waals surface area contributed by atoms with E-state index in [1.165, 1.54) is 31.8 Å². The summed E-state index contributed by atoms with van der Waals surface area (Å²) in [7, 11) is 0. The molecule has 0 saturated carbocycles. The third-order valence-electron chi connectivity index (χ3n) is 2.26. The molecule has 0 aliphatic rings. The number of hydrogen-bond acceptors (Lipinski definition) is 3. The minimum atomic E-state index is -0.321. The minimum absolute atomic E-state index is 0.321. The monoisotopic (exact) mass is 213 g/mol. The molecule has 0 atom stereocenters. The molecule has 0 bridgehead atoms. The molecule has 0 amide bonds. The van der Waals surface area contributed by atoms with Crippen LogP contribution in [0.1, 0.15) is 44.9 Å². The number of carbonyl (C=O) groups excluding carboxylic acids is 1. The van der Waals surface area contributed by atoms with Crippen molar-refractivity contribution in [1.29, 1.82) is 0 Å². The van der Waals surface area contributed by atoms with Gasteiger partial charge in [0.1, 0.15) is 0 Å². The SMILES string of the molecule is C=CC(=O)OCCCCCCCCCN. The van der Waals surface area contributed by atoms with E-state index in [1.54, 1.807) is 0 Å². The highest BCUT2D eigenvalue weighted by atomic mass is 16.5. The Balaban J connectivity index is 2.98. The van der Waals surface area contributed by atoms with Crippen molar-refractivity contribution in [1.82, 2.24) is 0 Å². The van der Waals surface area contributed by atoms with E-state index < -0.39 is 0 Å². The molecule has 0 radical (unpaired) electrons. The second-order valence-corrected chi connectivity index (χ2v) is 3.64. The predicted molar refractivity (Wildman–Crippen MR) is 62.5 cm³/mol. The number of hydrogen-bond donors (Lipinski definition) is 1. The summed E-state index contributed by atoms with van der Waals surface area (Å²) in [5.41, 5.74) is 5.39. The van der Waals surface area contributed by atoms with Gasteiger partial charge >= 0.3 is 5.97 Å². The van der Waals surface area contributed by atoms with Gasteiger partial charge in [-0.1, -0.05) is 38.7 Å². The number of rotatable bonds is 10. The molecule has 0 aliphatic heterocycles. The van der Waals surface area contributed by atoms with Crippen molar-refractivity contribution in [2.24, 2.45) is 5.73 Å². The zero-order chi connectivity index (χ0) is 11.4. The first-order chi connectivity index (χ1) is 7.31. The van der Waals surface area contributed by atoms with Gasteiger partial charge in [0.25, 0.3) is 0 Å². The largest absolute Gasteiger partial charge is 0.463 e. The van der Waals surface area contributed by atoms with Gasteiger partial charge in [-0.25, -0.2) is 4.79 Å². The fourth-order valence-corrected chi connectivity index (χ4v) is 1.36. The molecule has 0 saturated heterocycles. The molecule has 3 heteroatoms. The van der Waals surface area contributed by atoms with Crippen molar-refractivity contribution in [3.05, 3.63) is 12.7 Å². The van der Waals surface area contributed by atoms with Crippen LogP contribution in [0.5, 0.6) is 0 Å². The van der Waals surface area contributed by atoms with Crippen LogP contribution in [0.2, 0.25) is 0 Å². The average Bonchev–Trinajstić information content (AvgIpc) is 2.26. The normalized spacial score (nSPS) is 9.93. The Hall–Kier alpha value is -0.830. The number of nitrogens with two attached hydrogens (primary N) is 1. The molecule has 0 aromatic rings. The van der Waals surface area contributed by atoms with Gasteiger partial charge in [0.2, 0.25) is 0 Å². The summed E-state index contributed by atoms with van der Waals surface area (Å²) >= 11 is 0. The molecule has 2 N–H and O–H groups in total. The number of carbonyl (C=O) groups is 1. The minimum Gasteiger partial charge on any atom is -0.463 e. The molecular formula is C12H23NO2. The lowest BCUT2D eigenvalue weighted by molar-refractivity contribution is -0.137. The molecule has 88 valence electrons. The highest BCUT2D eigenvalue weighted by molar-refractivity contribution is 5.81. The predicted octanol–water partition coefficient (Wildman–Crippen LogP) is 2.41. The molecule has 0 fully saturated rings. The second kappa shape index (κ2) is 11.2. The maximum atomic E-state index is 10.7. The molecule has 0 unspecified atom stereocenters. The summed E-state index contributed by atoms with van der Waals surface area (Å²) in [5.74, 6) is -0.321. The van der Waals surface area contributed by atoms with Crippen LogP contribution in [0.25, 0.3) is 0 Å². The van der Waals surface area contributed by atoms with E-state index in [2.05, 4.69) is 6.58 Å². The maximum Gasteiger partial charge on any atom is 0.330 e. The molecule has 0 rings (SSSR count). The smallest absolute Gasteiger partial charge is 0.330 e. The second-order valence-electron chi connectivity index (χ2n) is 3.64. The maximum absolute atomic E-state index is 10.7. The van der Waals surface area contributed by atoms with E-state index in [-0.39, 0.29) is 5.97 Å². The molecule has 0 heterocycles. The van der Waals surface area contributed by atoms with Gasteiger partial charge in [0, 0.05) is 6.08 Å². The topological polar surface area (TPSA) is 52.3 Å². The number of esters is 1. The highest BCUT2D eigenvalue weighted by Crippen LogP contribution is 2.06. The number of unbranched alkanes of at least 4 members (excludes halogenated alkanes) is 6. The van der Waals surface area contributed by atoms with Crippen molar-refractivity contribution >= 4 is 5.97 Å². The van der Waals surface area contributed by atoms with Crippen LogP contribution >= 0.6 is 0 Å². The Morgan fingerprint density at radius 1 is 1.07 bits per heavy atom. The zero-order valence-electron chi connectivity index (χ0n) is 9.54. The van der Waals surface area contributed by atoms with Crippen LogP contribution in [0.3, 0.4) is 0 Å². The Bertz CT molecular complexity index is 169. The van der Waals surface area contributed by atoms with Gasteiger partial charge in [0.15, 0.2) is 0 Å². The van der Waals surface area contributed by atoms with E-state index in [1.807, 2.05) is 0 Å². The van der Waals surface area contributed by atoms with Crippen molar-refractivity contribution in [2.45, 2.75) is 44.9 Å². The quantitative estimate of drug-likeness (QED) is 0.344. The highest BCUT2D eigenvalue weighted by Gasteiger charge is 1.95. The van der Waals surface area contributed by atoms with Gasteiger partial charge in [-0.3, -0.25) is 0 Å². The van der Waals surface area contributed by atoms with Gasteiger partial charge in [-0.15, -0.1) is 0 Å². The van der Waals surface area contributed by atoms with Crippen LogP contribution in [0.15, 0.2) is 12.7 Å². The summed E-state index contributed by atoms with van der Waals surface area (Å²) < 4.78 is 4.86. The Labute approximate surface area is 92.7 Å². The standard InChI is InChI=1S/C12H23NO2/c1-2-12(14)15-11-9-7-5-3-4-6-8-10-13/h2H,1,3-11,13H2. The fourth-order valence-electron chi connectivity index (χ4n) is 1.36. The van der Waals surface area contributed by atoms with Gasteiger partial charge in [0.05, 0.1) is 6.61 Å². The van der Waals surface area contributed by atoms with Crippen LogP contribution in [0, 0.1) is 0 Å².